The molecule has 144 valence electrons. The van der Waals surface area contributed by atoms with Gasteiger partial charge in [0.2, 0.25) is 0 Å². The molecule has 0 fully saturated rings. The maximum absolute atomic E-state index is 11.3. The molecule has 0 amide bonds. The van der Waals surface area contributed by atoms with Crippen LogP contribution >= 0.6 is 0 Å². The van der Waals surface area contributed by atoms with Crippen LogP contribution in [0.25, 0.3) is 0 Å². The first kappa shape index (κ1) is 25.8. The molecule has 1 aromatic rings. The van der Waals surface area contributed by atoms with Crippen molar-refractivity contribution in [2.45, 2.75) is 0 Å². The Labute approximate surface area is 163 Å². The maximum Gasteiger partial charge on any atom is 3.00 e. The molecule has 0 aliphatic carbocycles. The third-order valence-corrected chi connectivity index (χ3v) is 2.10. The van der Waals surface area contributed by atoms with Gasteiger partial charge in [-0.2, -0.15) is 0 Å². The zero-order chi connectivity index (χ0) is 19.6. The summed E-state index contributed by atoms with van der Waals surface area (Å²) in [6, 6.07) is 5.82. The predicted molar refractivity (Wildman–Crippen MR) is 91.3 cm³/mol. The van der Waals surface area contributed by atoms with E-state index in [-0.39, 0.29) is 28.2 Å². The van der Waals surface area contributed by atoms with Crippen molar-refractivity contribution in [3.8, 4) is 0 Å². The zero-order valence-electron chi connectivity index (χ0n) is 15.5. The van der Waals surface area contributed by atoms with Crippen LogP contribution in [0.4, 0.5) is 11.4 Å². The van der Waals surface area contributed by atoms with Crippen LogP contribution < -0.4 is 20.4 Å². The Morgan fingerprint density at radius 2 is 0.962 bits per heavy atom. The molecule has 0 radical (unpaired) electrons. The molecular formula is C16H22CoN5O4. The number of aliphatic imine (C=N–C) groups is 4. The quantitative estimate of drug-likeness (QED) is 0.305. The summed E-state index contributed by atoms with van der Waals surface area (Å²) in [4.78, 5) is 13.3. The normalized spacial score (nSPS) is 13.5. The van der Waals surface area contributed by atoms with Crippen LogP contribution in [-0.4, -0.2) is 70.4 Å². The van der Waals surface area contributed by atoms with Crippen molar-refractivity contribution >= 4 is 35.0 Å². The average Bonchev–Trinajstić information content (AvgIpc) is 2.53. The van der Waals surface area contributed by atoms with Gasteiger partial charge in [-0.15, -0.1) is 0 Å². The number of nitrogens with zero attached hydrogens (tertiary/aromatic N) is 5. The molecule has 0 spiro atoms. The average molecular weight is 407 g/mol. The van der Waals surface area contributed by atoms with Crippen molar-refractivity contribution in [3.05, 3.63) is 24.3 Å². The number of benzene rings is 1. The number of hydrogen-bond acceptors (Lipinski definition) is 8. The van der Waals surface area contributed by atoms with Gasteiger partial charge in [-0.25, -0.2) is 0 Å². The fourth-order valence-corrected chi connectivity index (χ4v) is 1.16. The van der Waals surface area contributed by atoms with Crippen molar-refractivity contribution < 1.29 is 41.7 Å². The third-order valence-electron chi connectivity index (χ3n) is 2.10. The second kappa shape index (κ2) is 12.0. The first-order chi connectivity index (χ1) is 11.5. The molecule has 10 heteroatoms. The van der Waals surface area contributed by atoms with Gasteiger partial charge in [-0.1, -0.05) is 12.1 Å². The molecule has 0 N–H and O–H groups in total. The number of quaternary nitrogens is 1. The van der Waals surface area contributed by atoms with E-state index in [9.17, 15) is 20.4 Å². The van der Waals surface area contributed by atoms with Crippen LogP contribution in [-0.2, 0) is 16.8 Å². The van der Waals surface area contributed by atoms with Crippen molar-refractivity contribution in [3.63, 3.8) is 0 Å². The van der Waals surface area contributed by atoms with E-state index in [0.717, 1.165) is 18.6 Å². The fourth-order valence-electron chi connectivity index (χ4n) is 1.16. The van der Waals surface area contributed by atoms with E-state index >= 15 is 0 Å². The summed E-state index contributed by atoms with van der Waals surface area (Å²) < 4.78 is 1.00. The Hall–Kier alpha value is -2.43. The summed E-state index contributed by atoms with van der Waals surface area (Å²) in [5.74, 6) is -4.22. The van der Waals surface area contributed by atoms with E-state index in [0.29, 0.717) is 0 Å². The SMILES string of the molecule is CN=C([O-])C([O-])=Nc1ccccc1N=C([O-])C([O-])=NC.C[N+](C)(C)C.[Co+3]. The molecule has 0 saturated carbocycles. The van der Waals surface area contributed by atoms with E-state index in [1.807, 2.05) is 0 Å². The molecule has 0 atom stereocenters. The van der Waals surface area contributed by atoms with Crippen LogP contribution in [0.15, 0.2) is 44.2 Å². The molecular weight excluding hydrogens is 385 g/mol. The van der Waals surface area contributed by atoms with E-state index in [2.05, 4.69) is 48.2 Å². The van der Waals surface area contributed by atoms with Gasteiger partial charge in [0.15, 0.2) is 0 Å². The monoisotopic (exact) mass is 407 g/mol. The number of rotatable bonds is 2. The van der Waals surface area contributed by atoms with Gasteiger partial charge in [-0.05, 0) is 35.7 Å². The first-order valence-electron chi connectivity index (χ1n) is 7.17. The van der Waals surface area contributed by atoms with E-state index in [4.69, 9.17) is 0 Å². The fraction of sp³-hybridized carbons (Fsp3) is 0.375. The Kier molecular flexibility index (Phi) is 11.9. The van der Waals surface area contributed by atoms with Gasteiger partial charge < -0.3 is 34.9 Å². The van der Waals surface area contributed by atoms with E-state index < -0.39 is 23.6 Å². The molecule has 0 heterocycles. The van der Waals surface area contributed by atoms with E-state index in [1.165, 1.54) is 24.3 Å². The van der Waals surface area contributed by atoms with Gasteiger partial charge in [-0.3, -0.25) is 9.98 Å². The minimum absolute atomic E-state index is 0. The van der Waals surface area contributed by atoms with Crippen LogP contribution in [0.3, 0.4) is 0 Å². The van der Waals surface area contributed by atoms with Crippen LogP contribution in [0, 0.1) is 0 Å². The second-order valence-electron chi connectivity index (χ2n) is 6.06. The minimum atomic E-state index is -1.09. The molecule has 1 aromatic carbocycles. The molecule has 0 bridgehead atoms. The van der Waals surface area contributed by atoms with Crippen LogP contribution in [0.2, 0.25) is 0 Å². The van der Waals surface area contributed by atoms with Crippen molar-refractivity contribution in [1.29, 1.82) is 0 Å². The van der Waals surface area contributed by atoms with Crippen LogP contribution in [0.5, 0.6) is 0 Å². The Morgan fingerprint density at radius 3 is 1.19 bits per heavy atom. The standard InChI is InChI=1S/C12H14N4O4.C4H12N.Co/c1-13-9(17)11(19)15-7-5-3-4-6-8(7)16-12(20)10(18)14-2;1-5(2,3)4;/h3-6H,1-2H3,(H,13,17)(H,14,18)(H,15,19)(H,16,20);1-4H3;/q;+1;+3/p-4. The van der Waals surface area contributed by atoms with Gasteiger partial charge in [0.25, 0.3) is 0 Å². The third kappa shape index (κ3) is 11.2. The zero-order valence-corrected chi connectivity index (χ0v) is 16.6. The molecule has 1 rings (SSSR count). The summed E-state index contributed by atoms with van der Waals surface area (Å²) in [6.07, 6.45) is 0. The number of hydrogen-bond donors (Lipinski definition) is 0. The molecule has 0 aliphatic rings. The van der Waals surface area contributed by atoms with Crippen molar-refractivity contribution in [2.75, 3.05) is 42.3 Å². The predicted octanol–water partition coefficient (Wildman–Crippen LogP) is -2.44. The first-order valence-corrected chi connectivity index (χ1v) is 7.17. The summed E-state index contributed by atoms with van der Waals surface area (Å²) in [5.41, 5.74) is -0.0153. The number of para-hydroxylation sites is 2. The largest absolute Gasteiger partial charge is 3.00 e. The maximum atomic E-state index is 11.3. The van der Waals surface area contributed by atoms with Gasteiger partial charge in [0.1, 0.15) is 0 Å². The summed E-state index contributed by atoms with van der Waals surface area (Å²) in [5, 5.41) is 44.8. The molecule has 0 aliphatic heterocycles. The molecule has 0 saturated heterocycles. The Bertz CT molecular complexity index is 635. The summed E-state index contributed by atoms with van der Waals surface area (Å²) in [6.45, 7) is 0. The Balaban J connectivity index is 0. The van der Waals surface area contributed by atoms with Gasteiger partial charge in [0, 0.05) is 14.1 Å². The Morgan fingerprint density at radius 1 is 0.692 bits per heavy atom. The summed E-state index contributed by atoms with van der Waals surface area (Å²) >= 11 is 0. The molecule has 26 heavy (non-hydrogen) atoms. The topological polar surface area (TPSA) is 142 Å². The van der Waals surface area contributed by atoms with E-state index in [1.54, 1.807) is 0 Å². The summed E-state index contributed by atoms with van der Waals surface area (Å²) in [7, 11) is 10.8. The molecule has 9 nitrogen and oxygen atoms in total. The van der Waals surface area contributed by atoms with Crippen molar-refractivity contribution in [1.82, 2.24) is 0 Å². The van der Waals surface area contributed by atoms with Crippen LogP contribution in [0.1, 0.15) is 0 Å². The second-order valence-corrected chi connectivity index (χ2v) is 6.06. The van der Waals surface area contributed by atoms with Gasteiger partial charge in [0.05, 0.1) is 39.6 Å². The van der Waals surface area contributed by atoms with Gasteiger partial charge >= 0.3 is 16.8 Å². The minimum Gasteiger partial charge on any atom is -0.858 e. The van der Waals surface area contributed by atoms with Crippen molar-refractivity contribution in [2.24, 2.45) is 20.0 Å². The smallest absolute Gasteiger partial charge is 0.858 e. The molecule has 0 aromatic heterocycles. The molecule has 0 unspecified atom stereocenters.